The van der Waals surface area contributed by atoms with Crippen molar-refractivity contribution in [2.75, 3.05) is 0 Å². The Labute approximate surface area is 106 Å². The fraction of sp³-hybridized carbons (Fsp3) is 0.286. The van der Waals surface area contributed by atoms with E-state index >= 15 is 0 Å². The van der Waals surface area contributed by atoms with E-state index in [4.69, 9.17) is 23.2 Å². The Bertz CT molecular complexity index is 481. The van der Waals surface area contributed by atoms with Crippen LogP contribution in [-0.4, -0.2) is 0 Å². The molecule has 0 aliphatic heterocycles. The molecule has 0 unspecified atom stereocenters. The van der Waals surface area contributed by atoms with Gasteiger partial charge in [-0.3, -0.25) is 0 Å². The predicted molar refractivity (Wildman–Crippen MR) is 72.5 cm³/mol. The van der Waals surface area contributed by atoms with Crippen LogP contribution in [0.3, 0.4) is 0 Å². The highest BCUT2D eigenvalue weighted by Crippen LogP contribution is 2.25. The van der Waals surface area contributed by atoms with Crippen LogP contribution in [0.15, 0.2) is 24.3 Å². The van der Waals surface area contributed by atoms with Crippen molar-refractivity contribution in [2.45, 2.75) is 25.6 Å². The summed E-state index contributed by atoms with van der Waals surface area (Å²) in [6.45, 7) is 4.26. The van der Waals surface area contributed by atoms with Gasteiger partial charge in [-0.1, -0.05) is 12.1 Å². The molecule has 0 nitrogen and oxygen atoms in total. The number of alkyl halides is 2. The molecular weight excluding hydrogens is 239 g/mol. The molecule has 0 aliphatic rings. The summed E-state index contributed by atoms with van der Waals surface area (Å²) in [5.74, 6) is 1.04. The highest BCUT2D eigenvalue weighted by Gasteiger charge is 2.05. The van der Waals surface area contributed by atoms with Gasteiger partial charge in [0.25, 0.3) is 0 Å². The van der Waals surface area contributed by atoms with Crippen molar-refractivity contribution in [3.63, 3.8) is 0 Å². The number of rotatable bonds is 2. The van der Waals surface area contributed by atoms with E-state index in [9.17, 15) is 0 Å². The molecule has 0 amide bonds. The Morgan fingerprint density at radius 2 is 1.12 bits per heavy atom. The van der Waals surface area contributed by atoms with Gasteiger partial charge in [-0.15, -0.1) is 23.2 Å². The van der Waals surface area contributed by atoms with Crippen LogP contribution < -0.4 is 0 Å². The molecule has 16 heavy (non-hydrogen) atoms. The van der Waals surface area contributed by atoms with Gasteiger partial charge in [0, 0.05) is 11.8 Å². The van der Waals surface area contributed by atoms with Crippen LogP contribution in [0.4, 0.5) is 0 Å². The van der Waals surface area contributed by atoms with E-state index < -0.39 is 0 Å². The lowest BCUT2D eigenvalue weighted by molar-refractivity contribution is 1.28. The maximum absolute atomic E-state index is 5.92. The second-order valence-corrected chi connectivity index (χ2v) is 4.71. The first-order valence-corrected chi connectivity index (χ1v) is 6.37. The van der Waals surface area contributed by atoms with E-state index in [1.165, 1.54) is 21.9 Å². The van der Waals surface area contributed by atoms with Gasteiger partial charge < -0.3 is 0 Å². The topological polar surface area (TPSA) is 0 Å². The minimum Gasteiger partial charge on any atom is -0.122 e. The van der Waals surface area contributed by atoms with Crippen LogP contribution in [0, 0.1) is 13.8 Å². The van der Waals surface area contributed by atoms with Crippen LogP contribution in [0.25, 0.3) is 10.8 Å². The predicted octanol–water partition coefficient (Wildman–Crippen LogP) is 4.93. The average molecular weight is 253 g/mol. The monoisotopic (exact) mass is 252 g/mol. The van der Waals surface area contributed by atoms with Gasteiger partial charge in [0.15, 0.2) is 0 Å². The van der Waals surface area contributed by atoms with E-state index in [-0.39, 0.29) is 0 Å². The van der Waals surface area contributed by atoms with Crippen molar-refractivity contribution in [1.29, 1.82) is 0 Å². The lowest BCUT2D eigenvalue weighted by Crippen LogP contribution is -1.90. The average Bonchev–Trinajstić information content (AvgIpc) is 2.29. The quantitative estimate of drug-likeness (QED) is 0.665. The van der Waals surface area contributed by atoms with E-state index in [0.29, 0.717) is 11.8 Å². The molecule has 0 saturated carbocycles. The second-order valence-electron chi connectivity index (χ2n) is 4.17. The normalized spacial score (nSPS) is 11.0. The molecule has 0 N–H and O–H groups in total. The van der Waals surface area contributed by atoms with Crippen LogP contribution in [0.5, 0.6) is 0 Å². The first-order valence-electron chi connectivity index (χ1n) is 5.30. The van der Waals surface area contributed by atoms with Gasteiger partial charge in [-0.05, 0) is 59.0 Å². The van der Waals surface area contributed by atoms with E-state index in [1.807, 2.05) is 0 Å². The summed E-state index contributed by atoms with van der Waals surface area (Å²) in [6, 6.07) is 8.70. The number of fused-ring (bicyclic) bond motifs is 1. The molecule has 0 atom stereocenters. The summed E-state index contributed by atoms with van der Waals surface area (Å²) in [5, 5.41) is 2.49. The van der Waals surface area contributed by atoms with Crippen molar-refractivity contribution in [3.8, 4) is 0 Å². The highest BCUT2D eigenvalue weighted by atomic mass is 35.5. The molecule has 2 aromatic carbocycles. The zero-order chi connectivity index (χ0) is 11.7. The van der Waals surface area contributed by atoms with Crippen LogP contribution >= 0.6 is 23.2 Å². The van der Waals surface area contributed by atoms with Gasteiger partial charge in [0.05, 0.1) is 0 Å². The van der Waals surface area contributed by atoms with Gasteiger partial charge in [-0.25, -0.2) is 0 Å². The van der Waals surface area contributed by atoms with Crippen molar-refractivity contribution < 1.29 is 0 Å². The molecule has 2 aromatic rings. The van der Waals surface area contributed by atoms with Crippen LogP contribution in [-0.2, 0) is 11.8 Å². The third-order valence-electron chi connectivity index (χ3n) is 3.06. The zero-order valence-corrected chi connectivity index (χ0v) is 11.0. The summed E-state index contributed by atoms with van der Waals surface area (Å²) < 4.78 is 0. The van der Waals surface area contributed by atoms with Crippen molar-refractivity contribution in [1.82, 2.24) is 0 Å². The first-order chi connectivity index (χ1) is 7.65. The Morgan fingerprint density at radius 1 is 0.750 bits per heavy atom. The third kappa shape index (κ3) is 2.05. The molecule has 2 rings (SSSR count). The summed E-state index contributed by atoms with van der Waals surface area (Å²) in [7, 11) is 0. The number of halogens is 2. The van der Waals surface area contributed by atoms with Gasteiger partial charge in [0.2, 0.25) is 0 Å². The molecule has 0 fully saturated rings. The van der Waals surface area contributed by atoms with Gasteiger partial charge in [0.1, 0.15) is 0 Å². The van der Waals surface area contributed by atoms with E-state index in [0.717, 1.165) is 11.1 Å². The summed E-state index contributed by atoms with van der Waals surface area (Å²) in [4.78, 5) is 0. The van der Waals surface area contributed by atoms with E-state index in [2.05, 4.69) is 38.1 Å². The van der Waals surface area contributed by atoms with Crippen molar-refractivity contribution >= 4 is 34.0 Å². The van der Waals surface area contributed by atoms with Crippen LogP contribution in [0.1, 0.15) is 22.3 Å². The molecule has 0 saturated heterocycles. The van der Waals surface area contributed by atoms with Crippen LogP contribution in [0.2, 0.25) is 0 Å². The minimum absolute atomic E-state index is 0.519. The number of hydrogen-bond donors (Lipinski definition) is 0. The summed E-state index contributed by atoms with van der Waals surface area (Å²) in [5.41, 5.74) is 4.89. The maximum Gasteiger partial charge on any atom is 0.0477 e. The number of aryl methyl sites for hydroxylation is 2. The lowest BCUT2D eigenvalue weighted by Gasteiger charge is -2.09. The molecule has 0 aromatic heterocycles. The number of hydrogen-bond acceptors (Lipinski definition) is 0. The molecule has 0 heterocycles. The highest BCUT2D eigenvalue weighted by molar-refractivity contribution is 6.19. The van der Waals surface area contributed by atoms with Gasteiger partial charge in [-0.2, -0.15) is 0 Å². The molecule has 0 spiro atoms. The lowest BCUT2D eigenvalue weighted by atomic mass is 9.98. The molecular formula is C14H14Cl2. The minimum atomic E-state index is 0.519. The summed E-state index contributed by atoms with van der Waals surface area (Å²) in [6.07, 6.45) is 0. The molecule has 0 aliphatic carbocycles. The Kier molecular flexibility index (Phi) is 3.41. The first kappa shape index (κ1) is 11.8. The SMILES string of the molecule is Cc1cc2cc(CCl)c(CCl)cc2cc1C. The second kappa shape index (κ2) is 4.65. The maximum atomic E-state index is 5.92. The van der Waals surface area contributed by atoms with Crippen molar-refractivity contribution in [2.24, 2.45) is 0 Å². The fourth-order valence-corrected chi connectivity index (χ4v) is 2.42. The Hall–Kier alpha value is -0.720. The smallest absolute Gasteiger partial charge is 0.0477 e. The van der Waals surface area contributed by atoms with Crippen molar-refractivity contribution in [3.05, 3.63) is 46.5 Å². The standard InChI is InChI=1S/C14H14Cl2/c1-9-3-11-5-13(7-15)14(8-16)6-12(11)4-10(9)2/h3-6H,7-8H2,1-2H3. The fourth-order valence-electron chi connectivity index (χ4n) is 1.92. The summed E-state index contributed by atoms with van der Waals surface area (Å²) >= 11 is 11.8. The molecule has 2 heteroatoms. The Morgan fingerprint density at radius 3 is 1.44 bits per heavy atom. The largest absolute Gasteiger partial charge is 0.122 e. The third-order valence-corrected chi connectivity index (χ3v) is 3.64. The Balaban J connectivity index is 2.73. The van der Waals surface area contributed by atoms with Gasteiger partial charge >= 0.3 is 0 Å². The van der Waals surface area contributed by atoms with E-state index in [1.54, 1.807) is 0 Å². The molecule has 0 bridgehead atoms. The molecule has 84 valence electrons. The zero-order valence-electron chi connectivity index (χ0n) is 9.48. The number of benzene rings is 2. The molecule has 0 radical (unpaired) electrons.